The molecule has 2 heterocycles. The van der Waals surface area contributed by atoms with Gasteiger partial charge in [-0.05, 0) is 30.3 Å². The number of rotatable bonds is 5. The van der Waals surface area contributed by atoms with E-state index in [0.717, 1.165) is 22.0 Å². The van der Waals surface area contributed by atoms with E-state index in [1.165, 1.54) is 11.8 Å². The van der Waals surface area contributed by atoms with Gasteiger partial charge in [0.05, 0.1) is 29.6 Å². The van der Waals surface area contributed by atoms with Crippen LogP contribution in [0.1, 0.15) is 5.76 Å². The Morgan fingerprint density at radius 3 is 3.09 bits per heavy atom. The van der Waals surface area contributed by atoms with Crippen molar-refractivity contribution in [3.63, 3.8) is 0 Å². The maximum Gasteiger partial charge on any atom is 0.230 e. The summed E-state index contributed by atoms with van der Waals surface area (Å²) in [7, 11) is 1.92. The Kier molecular flexibility index (Phi) is 4.40. The molecule has 114 valence electrons. The van der Waals surface area contributed by atoms with Gasteiger partial charge in [0.2, 0.25) is 5.91 Å². The number of aromatic nitrogens is 2. The summed E-state index contributed by atoms with van der Waals surface area (Å²) in [5, 5.41) is 4.24. The minimum atomic E-state index is -0.0634. The molecule has 7 heteroatoms. The van der Waals surface area contributed by atoms with Gasteiger partial charge < -0.3 is 14.3 Å². The normalized spacial score (nSPS) is 11.0. The fourth-order valence-corrected chi connectivity index (χ4v) is 3.04. The molecule has 0 spiro atoms. The van der Waals surface area contributed by atoms with Gasteiger partial charge in [-0.3, -0.25) is 4.79 Å². The molecule has 3 rings (SSSR count). The smallest absolute Gasteiger partial charge is 0.230 e. The summed E-state index contributed by atoms with van der Waals surface area (Å²) < 4.78 is 7.12. The van der Waals surface area contributed by atoms with Gasteiger partial charge in [0, 0.05) is 12.1 Å². The zero-order valence-corrected chi connectivity index (χ0v) is 13.4. The Hall–Kier alpha value is -1.92. The third-order valence-corrected chi connectivity index (χ3v) is 4.44. The maximum absolute atomic E-state index is 11.9. The van der Waals surface area contributed by atoms with Crippen LogP contribution in [-0.4, -0.2) is 21.2 Å². The average Bonchev–Trinajstić information content (AvgIpc) is 3.11. The molecule has 1 amide bonds. The molecule has 0 unspecified atom stereocenters. The number of carbonyl (C=O) groups excluding carboxylic acids is 1. The number of furan rings is 1. The quantitative estimate of drug-likeness (QED) is 0.727. The van der Waals surface area contributed by atoms with E-state index in [4.69, 9.17) is 16.0 Å². The summed E-state index contributed by atoms with van der Waals surface area (Å²) in [5.41, 5.74) is 1.82. The second-order valence-corrected chi connectivity index (χ2v) is 6.11. The molecule has 1 N–H and O–H groups in total. The first-order valence-electron chi connectivity index (χ1n) is 6.67. The van der Waals surface area contributed by atoms with Crippen LogP contribution >= 0.6 is 23.4 Å². The molecule has 0 saturated carbocycles. The Balaban J connectivity index is 1.61. The third kappa shape index (κ3) is 3.28. The lowest BCUT2D eigenvalue weighted by Crippen LogP contribution is -2.24. The molecule has 0 radical (unpaired) electrons. The lowest BCUT2D eigenvalue weighted by atomic mass is 10.3. The molecule has 0 saturated heterocycles. The molecule has 0 aliphatic rings. The summed E-state index contributed by atoms with van der Waals surface area (Å²) >= 11 is 7.36. The fraction of sp³-hybridized carbons (Fsp3) is 0.200. The summed E-state index contributed by atoms with van der Waals surface area (Å²) in [5.74, 6) is 0.966. The first-order valence-corrected chi connectivity index (χ1v) is 8.03. The number of thioether (sulfide) groups is 1. The summed E-state index contributed by atoms with van der Waals surface area (Å²) in [6.45, 7) is 0.393. The van der Waals surface area contributed by atoms with E-state index in [1.807, 2.05) is 35.9 Å². The maximum atomic E-state index is 11.9. The number of amides is 1. The van der Waals surface area contributed by atoms with Crippen LogP contribution in [0.25, 0.3) is 11.0 Å². The number of benzene rings is 1. The van der Waals surface area contributed by atoms with Crippen molar-refractivity contribution < 1.29 is 9.21 Å². The average molecular weight is 336 g/mol. The SMILES string of the molecule is Cn1c(SCC(=O)NCc2ccco2)nc2cc(Cl)ccc21. The van der Waals surface area contributed by atoms with Gasteiger partial charge >= 0.3 is 0 Å². The zero-order chi connectivity index (χ0) is 15.5. The monoisotopic (exact) mass is 335 g/mol. The highest BCUT2D eigenvalue weighted by molar-refractivity contribution is 7.99. The molecular formula is C15H14ClN3O2S. The molecule has 0 atom stereocenters. The van der Waals surface area contributed by atoms with Crippen LogP contribution in [0.3, 0.4) is 0 Å². The Morgan fingerprint density at radius 2 is 2.32 bits per heavy atom. The van der Waals surface area contributed by atoms with Gasteiger partial charge in [0.1, 0.15) is 5.76 Å². The highest BCUT2D eigenvalue weighted by Crippen LogP contribution is 2.24. The number of imidazole rings is 1. The van der Waals surface area contributed by atoms with Gasteiger partial charge in [-0.25, -0.2) is 4.98 Å². The predicted octanol–water partition coefficient (Wildman–Crippen LogP) is 3.23. The van der Waals surface area contributed by atoms with E-state index in [0.29, 0.717) is 17.3 Å². The van der Waals surface area contributed by atoms with E-state index < -0.39 is 0 Å². The van der Waals surface area contributed by atoms with E-state index in [-0.39, 0.29) is 5.91 Å². The second kappa shape index (κ2) is 6.46. The van der Waals surface area contributed by atoms with Crippen molar-refractivity contribution in [3.8, 4) is 0 Å². The molecule has 2 aromatic heterocycles. The minimum Gasteiger partial charge on any atom is -0.467 e. The highest BCUT2D eigenvalue weighted by Gasteiger charge is 2.11. The fourth-order valence-electron chi connectivity index (χ4n) is 2.06. The summed E-state index contributed by atoms with van der Waals surface area (Å²) in [6.07, 6.45) is 1.58. The van der Waals surface area contributed by atoms with Gasteiger partial charge in [0.25, 0.3) is 0 Å². The molecular weight excluding hydrogens is 322 g/mol. The number of nitrogens with zero attached hydrogens (tertiary/aromatic N) is 2. The number of aryl methyl sites for hydroxylation is 1. The molecule has 1 aromatic carbocycles. The summed E-state index contributed by atoms with van der Waals surface area (Å²) in [4.78, 5) is 16.4. The van der Waals surface area contributed by atoms with Gasteiger partial charge in [-0.1, -0.05) is 23.4 Å². The number of fused-ring (bicyclic) bond motifs is 1. The Morgan fingerprint density at radius 1 is 1.45 bits per heavy atom. The van der Waals surface area contributed by atoms with Gasteiger partial charge in [0.15, 0.2) is 5.16 Å². The zero-order valence-electron chi connectivity index (χ0n) is 11.9. The van der Waals surface area contributed by atoms with Gasteiger partial charge in [-0.15, -0.1) is 0 Å². The third-order valence-electron chi connectivity index (χ3n) is 3.17. The van der Waals surface area contributed by atoms with Crippen LogP contribution in [0.15, 0.2) is 46.2 Å². The molecule has 3 aromatic rings. The number of hydrogen-bond acceptors (Lipinski definition) is 4. The second-order valence-electron chi connectivity index (χ2n) is 4.73. The number of carbonyl (C=O) groups is 1. The van der Waals surface area contributed by atoms with Crippen LogP contribution in [0.5, 0.6) is 0 Å². The van der Waals surface area contributed by atoms with Crippen LogP contribution in [0, 0.1) is 0 Å². The molecule has 5 nitrogen and oxygen atoms in total. The molecule has 22 heavy (non-hydrogen) atoms. The van der Waals surface area contributed by atoms with Crippen LogP contribution in [0.2, 0.25) is 5.02 Å². The number of halogens is 1. The molecule has 0 aliphatic carbocycles. The van der Waals surface area contributed by atoms with Crippen molar-refractivity contribution in [2.24, 2.45) is 7.05 Å². The Labute approximate surface area is 136 Å². The lowest BCUT2D eigenvalue weighted by molar-refractivity contribution is -0.118. The standard InChI is InChI=1S/C15H14ClN3O2S/c1-19-13-5-4-10(16)7-12(13)18-15(19)22-9-14(20)17-8-11-3-2-6-21-11/h2-7H,8-9H2,1H3,(H,17,20). The number of nitrogens with one attached hydrogen (secondary N) is 1. The van der Waals surface area contributed by atoms with Crippen molar-refractivity contribution in [2.45, 2.75) is 11.7 Å². The van der Waals surface area contributed by atoms with Crippen molar-refractivity contribution in [1.82, 2.24) is 14.9 Å². The Bertz CT molecular complexity index is 799. The largest absolute Gasteiger partial charge is 0.467 e. The van der Waals surface area contributed by atoms with Crippen molar-refractivity contribution in [3.05, 3.63) is 47.4 Å². The highest BCUT2D eigenvalue weighted by atomic mass is 35.5. The van der Waals surface area contributed by atoms with Crippen LogP contribution in [0.4, 0.5) is 0 Å². The van der Waals surface area contributed by atoms with E-state index in [9.17, 15) is 4.79 Å². The lowest BCUT2D eigenvalue weighted by Gasteiger charge is -2.03. The molecule has 0 fully saturated rings. The topological polar surface area (TPSA) is 60.1 Å². The number of hydrogen-bond donors (Lipinski definition) is 1. The van der Waals surface area contributed by atoms with Crippen molar-refractivity contribution >= 4 is 40.3 Å². The first-order chi connectivity index (χ1) is 10.6. The van der Waals surface area contributed by atoms with Crippen LogP contribution < -0.4 is 5.32 Å². The molecule has 0 bridgehead atoms. The predicted molar refractivity (Wildman–Crippen MR) is 87.0 cm³/mol. The van der Waals surface area contributed by atoms with Crippen molar-refractivity contribution in [2.75, 3.05) is 5.75 Å². The van der Waals surface area contributed by atoms with E-state index in [2.05, 4.69) is 10.3 Å². The van der Waals surface area contributed by atoms with E-state index >= 15 is 0 Å². The van der Waals surface area contributed by atoms with Crippen LogP contribution in [-0.2, 0) is 18.4 Å². The minimum absolute atomic E-state index is 0.0634. The van der Waals surface area contributed by atoms with E-state index in [1.54, 1.807) is 12.3 Å². The van der Waals surface area contributed by atoms with Gasteiger partial charge in [-0.2, -0.15) is 0 Å². The summed E-state index contributed by atoms with van der Waals surface area (Å²) in [6, 6.07) is 9.18. The van der Waals surface area contributed by atoms with Crippen molar-refractivity contribution in [1.29, 1.82) is 0 Å². The molecule has 0 aliphatic heterocycles. The first kappa shape index (κ1) is 15.0.